The molecular weight excluding hydrogens is 411 g/mol. The maximum absolute atomic E-state index is 13.3. The normalized spacial score (nSPS) is 12.5. The van der Waals surface area contributed by atoms with Crippen LogP contribution in [-0.4, -0.2) is 54.9 Å². The molecule has 1 amide bonds. The van der Waals surface area contributed by atoms with E-state index in [0.717, 1.165) is 18.0 Å². The molecule has 0 saturated carbocycles. The summed E-state index contributed by atoms with van der Waals surface area (Å²) < 4.78 is 37.9. The Balaban J connectivity index is 1.74. The first kappa shape index (κ1) is 22.2. The van der Waals surface area contributed by atoms with E-state index in [2.05, 4.69) is 25.5 Å². The van der Waals surface area contributed by atoms with Gasteiger partial charge in [0.15, 0.2) is 0 Å². The molecule has 11 heteroatoms. The van der Waals surface area contributed by atoms with Crippen molar-refractivity contribution in [3.05, 3.63) is 59.7 Å². The average Bonchev–Trinajstić information content (AvgIpc) is 3.27. The number of aromatic nitrogens is 5. The van der Waals surface area contributed by atoms with Gasteiger partial charge in [-0.1, -0.05) is 6.07 Å². The first-order chi connectivity index (χ1) is 14.7. The van der Waals surface area contributed by atoms with E-state index < -0.39 is 11.7 Å². The van der Waals surface area contributed by atoms with E-state index in [4.69, 9.17) is 0 Å². The molecule has 0 aliphatic carbocycles. The molecule has 0 aliphatic rings. The van der Waals surface area contributed by atoms with Crippen molar-refractivity contribution in [1.29, 1.82) is 0 Å². The Labute approximate surface area is 177 Å². The highest BCUT2D eigenvalue weighted by Gasteiger charge is 2.31. The van der Waals surface area contributed by atoms with Crippen molar-refractivity contribution < 1.29 is 18.0 Å². The van der Waals surface area contributed by atoms with Gasteiger partial charge in [0.2, 0.25) is 5.95 Å². The number of aryl methyl sites for hydroxylation is 1. The van der Waals surface area contributed by atoms with E-state index in [9.17, 15) is 18.0 Å². The van der Waals surface area contributed by atoms with Crippen LogP contribution in [0.25, 0.3) is 5.69 Å². The van der Waals surface area contributed by atoms with Gasteiger partial charge in [-0.25, -0.2) is 9.97 Å². The molecule has 8 nitrogen and oxygen atoms in total. The highest BCUT2D eigenvalue weighted by molar-refractivity contribution is 5.98. The minimum atomic E-state index is -4.49. The Morgan fingerprint density at radius 1 is 1.19 bits per heavy atom. The number of rotatable bonds is 7. The number of anilines is 1. The summed E-state index contributed by atoms with van der Waals surface area (Å²) >= 11 is 0. The quantitative estimate of drug-likeness (QED) is 0.615. The summed E-state index contributed by atoms with van der Waals surface area (Å²) in [5.74, 6) is -0.155. The molecule has 0 radical (unpaired) electrons. The second-order valence-electron chi connectivity index (χ2n) is 6.95. The fraction of sp³-hybridized carbons (Fsp3) is 0.350. The molecular formula is C20H22F3N7O. The number of alkyl halides is 3. The lowest BCUT2D eigenvalue weighted by molar-refractivity contribution is -0.138. The van der Waals surface area contributed by atoms with Gasteiger partial charge >= 0.3 is 6.18 Å². The van der Waals surface area contributed by atoms with Crippen LogP contribution in [0.2, 0.25) is 0 Å². The van der Waals surface area contributed by atoms with E-state index in [-0.39, 0.29) is 24.4 Å². The number of carbonyl (C=O) groups is 1. The molecule has 0 fully saturated rings. The summed E-state index contributed by atoms with van der Waals surface area (Å²) in [5, 5.41) is 11.1. The molecule has 1 N–H and O–H groups in total. The molecule has 2 aromatic heterocycles. The monoisotopic (exact) mass is 433 g/mol. The van der Waals surface area contributed by atoms with Crippen molar-refractivity contribution in [2.24, 2.45) is 0 Å². The summed E-state index contributed by atoms with van der Waals surface area (Å²) in [6.07, 6.45) is 0.0127. The van der Waals surface area contributed by atoms with Crippen LogP contribution in [0.4, 0.5) is 19.1 Å². The number of hydrogen-bond donors (Lipinski definition) is 1. The zero-order chi connectivity index (χ0) is 22.6. The highest BCUT2D eigenvalue weighted by Crippen LogP contribution is 2.28. The van der Waals surface area contributed by atoms with Gasteiger partial charge in [-0.2, -0.15) is 28.2 Å². The maximum Gasteiger partial charge on any atom is 0.419 e. The lowest BCUT2D eigenvalue weighted by Gasteiger charge is -2.29. The molecule has 1 unspecified atom stereocenters. The summed E-state index contributed by atoms with van der Waals surface area (Å²) in [7, 11) is 0. The van der Waals surface area contributed by atoms with Crippen molar-refractivity contribution in [3.63, 3.8) is 0 Å². The minimum Gasteiger partial charge on any atom is -0.352 e. The molecule has 0 bridgehead atoms. The van der Waals surface area contributed by atoms with Crippen LogP contribution in [-0.2, 0) is 6.18 Å². The van der Waals surface area contributed by atoms with Crippen LogP contribution < -0.4 is 5.32 Å². The lowest BCUT2D eigenvalue weighted by atomic mass is 10.1. The van der Waals surface area contributed by atoms with Crippen LogP contribution in [0.5, 0.6) is 0 Å². The molecule has 164 valence electrons. The van der Waals surface area contributed by atoms with Crippen molar-refractivity contribution in [1.82, 2.24) is 29.9 Å². The van der Waals surface area contributed by atoms with Crippen molar-refractivity contribution >= 4 is 11.9 Å². The minimum absolute atomic E-state index is 0.0557. The second-order valence-corrected chi connectivity index (χ2v) is 6.95. The Hall–Kier alpha value is -3.50. The van der Waals surface area contributed by atoms with E-state index in [0.29, 0.717) is 17.8 Å². The maximum atomic E-state index is 13.3. The smallest absolute Gasteiger partial charge is 0.352 e. The molecule has 3 rings (SSSR count). The SMILES string of the molecule is CCN(C(=O)c1ccc(C)cc1-n1nccn1)C(C)CNc1ncc(C(F)(F)F)cn1. The number of benzene rings is 1. The summed E-state index contributed by atoms with van der Waals surface area (Å²) in [6, 6.07) is 5.12. The molecule has 0 spiro atoms. The third-order valence-corrected chi connectivity index (χ3v) is 4.69. The molecule has 1 aromatic carbocycles. The predicted octanol–water partition coefficient (Wildman–Crippen LogP) is 3.35. The standard InChI is InChI=1S/C20H22F3N7O/c1-4-29(14(3)10-24-19-25-11-15(12-26-19)20(21,22)23)18(31)16-6-5-13(2)9-17(16)30-27-7-8-28-30/h5-9,11-12,14H,4,10H2,1-3H3,(H,24,25,26). The summed E-state index contributed by atoms with van der Waals surface area (Å²) in [4.78, 5) is 23.7. The number of nitrogens with zero attached hydrogens (tertiary/aromatic N) is 6. The van der Waals surface area contributed by atoms with E-state index in [1.165, 1.54) is 17.2 Å². The number of amides is 1. The largest absolute Gasteiger partial charge is 0.419 e. The van der Waals surface area contributed by atoms with Crippen LogP contribution in [0.15, 0.2) is 43.0 Å². The number of likely N-dealkylation sites (N-methyl/N-ethyl adjacent to an activating group) is 1. The fourth-order valence-corrected chi connectivity index (χ4v) is 3.05. The van der Waals surface area contributed by atoms with Crippen molar-refractivity contribution in [2.45, 2.75) is 33.0 Å². The summed E-state index contributed by atoms with van der Waals surface area (Å²) in [5.41, 5.74) is 1.05. The Morgan fingerprint density at radius 2 is 1.84 bits per heavy atom. The van der Waals surface area contributed by atoms with Gasteiger partial charge in [-0.3, -0.25) is 4.79 Å². The average molecular weight is 433 g/mol. The van der Waals surface area contributed by atoms with E-state index in [1.54, 1.807) is 11.0 Å². The number of hydrogen-bond acceptors (Lipinski definition) is 6. The van der Waals surface area contributed by atoms with Gasteiger partial charge in [-0.05, 0) is 38.5 Å². The molecule has 0 saturated heterocycles. The predicted molar refractivity (Wildman–Crippen MR) is 108 cm³/mol. The Bertz CT molecular complexity index is 1020. The van der Waals surface area contributed by atoms with Crippen LogP contribution in [0, 0.1) is 6.92 Å². The third-order valence-electron chi connectivity index (χ3n) is 4.69. The van der Waals surface area contributed by atoms with Crippen molar-refractivity contribution in [2.75, 3.05) is 18.4 Å². The van der Waals surface area contributed by atoms with Gasteiger partial charge < -0.3 is 10.2 Å². The Morgan fingerprint density at radius 3 is 2.42 bits per heavy atom. The van der Waals surface area contributed by atoms with Gasteiger partial charge in [0.05, 0.1) is 29.2 Å². The topological polar surface area (TPSA) is 88.8 Å². The molecule has 31 heavy (non-hydrogen) atoms. The highest BCUT2D eigenvalue weighted by atomic mass is 19.4. The molecule has 0 aliphatic heterocycles. The third kappa shape index (κ3) is 5.16. The van der Waals surface area contributed by atoms with Crippen LogP contribution in [0.1, 0.15) is 35.3 Å². The van der Waals surface area contributed by atoms with Crippen LogP contribution >= 0.6 is 0 Å². The Kier molecular flexibility index (Phi) is 6.52. The first-order valence-corrected chi connectivity index (χ1v) is 9.62. The van der Waals surface area contributed by atoms with Gasteiger partial charge in [0.1, 0.15) is 0 Å². The molecule has 1 atom stereocenters. The van der Waals surface area contributed by atoms with Gasteiger partial charge in [0.25, 0.3) is 5.91 Å². The van der Waals surface area contributed by atoms with Crippen molar-refractivity contribution in [3.8, 4) is 5.69 Å². The zero-order valence-electron chi connectivity index (χ0n) is 17.3. The summed E-state index contributed by atoms with van der Waals surface area (Å²) in [6.45, 7) is 6.28. The first-order valence-electron chi connectivity index (χ1n) is 9.62. The van der Waals surface area contributed by atoms with E-state index in [1.807, 2.05) is 32.9 Å². The molecule has 2 heterocycles. The number of halogens is 3. The van der Waals surface area contributed by atoms with Gasteiger partial charge in [-0.15, -0.1) is 0 Å². The van der Waals surface area contributed by atoms with Gasteiger partial charge in [0, 0.05) is 31.5 Å². The fourth-order valence-electron chi connectivity index (χ4n) is 3.05. The van der Waals surface area contributed by atoms with Crippen LogP contribution in [0.3, 0.4) is 0 Å². The lowest BCUT2D eigenvalue weighted by Crippen LogP contribution is -2.42. The van der Waals surface area contributed by atoms with E-state index >= 15 is 0 Å². The number of carbonyl (C=O) groups excluding carboxylic acids is 1. The molecule has 3 aromatic rings. The number of nitrogens with one attached hydrogen (secondary N) is 1. The second kappa shape index (κ2) is 9.11. The zero-order valence-corrected chi connectivity index (χ0v) is 17.3.